The van der Waals surface area contributed by atoms with Crippen LogP contribution in [0.3, 0.4) is 0 Å². The minimum absolute atomic E-state index is 0.157. The molecule has 7 N–H and O–H groups in total. The molecule has 0 amide bonds. The van der Waals surface area contributed by atoms with Gasteiger partial charge >= 0.3 is 7.82 Å². The van der Waals surface area contributed by atoms with Gasteiger partial charge in [-0.1, -0.05) is 0 Å². The molecule has 0 spiro atoms. The van der Waals surface area contributed by atoms with Gasteiger partial charge in [-0.15, -0.1) is 0 Å². The van der Waals surface area contributed by atoms with Gasteiger partial charge in [0.15, 0.2) is 0 Å². The number of nitrogens with two attached hydrogens (primary N) is 1. The van der Waals surface area contributed by atoms with Crippen molar-refractivity contribution in [1.82, 2.24) is 0 Å². The molecular weight excluding hydrogens is 245 g/mol. The lowest BCUT2D eigenvalue weighted by molar-refractivity contribution is -0.118. The summed E-state index contributed by atoms with van der Waals surface area (Å²) in [4.78, 5) is 26.7. The van der Waals surface area contributed by atoms with E-state index in [0.717, 1.165) is 0 Å². The lowest BCUT2D eigenvalue weighted by atomic mass is 10.0. The summed E-state index contributed by atoms with van der Waals surface area (Å²) in [5, 5.41) is 27.5. The average molecular weight is 259 g/mol. The molecule has 0 aromatic rings. The maximum atomic E-state index is 10.3. The van der Waals surface area contributed by atoms with Crippen LogP contribution in [0.4, 0.5) is 0 Å². The molecule has 10 heteroatoms. The molecule has 0 aliphatic heterocycles. The van der Waals surface area contributed by atoms with Crippen molar-refractivity contribution in [3.8, 4) is 0 Å². The zero-order valence-electron chi connectivity index (χ0n) is 8.08. The van der Waals surface area contributed by atoms with E-state index >= 15 is 0 Å². The van der Waals surface area contributed by atoms with Crippen LogP contribution in [0.5, 0.6) is 0 Å². The van der Waals surface area contributed by atoms with Crippen LogP contribution >= 0.6 is 7.82 Å². The number of aliphatic hydroxyl groups is 3. The molecule has 0 bridgehead atoms. The summed E-state index contributed by atoms with van der Waals surface area (Å²) in [6.45, 7) is -0.909. The highest BCUT2D eigenvalue weighted by molar-refractivity contribution is 7.46. The Hall–Kier alpha value is -0.380. The highest BCUT2D eigenvalue weighted by Gasteiger charge is 2.30. The standard InChI is InChI=1S/C6H14NO8P/c7-3(1-8)5(10)6(11)4(9)2-15-16(12,13)14/h1,3-6,9-11H,2,7H2,(H2,12,13,14)/t3-,4+,5+,6-/m0/s1. The third-order valence-corrected chi connectivity index (χ3v) is 2.19. The van der Waals surface area contributed by atoms with Gasteiger partial charge in [0.05, 0.1) is 12.6 Å². The van der Waals surface area contributed by atoms with Gasteiger partial charge in [0, 0.05) is 0 Å². The zero-order valence-corrected chi connectivity index (χ0v) is 8.97. The van der Waals surface area contributed by atoms with Crippen LogP contribution in [0, 0.1) is 0 Å². The largest absolute Gasteiger partial charge is 0.469 e. The first-order valence-corrected chi connectivity index (χ1v) is 5.67. The zero-order chi connectivity index (χ0) is 12.9. The number of aldehydes is 1. The Labute approximate surface area is 90.7 Å². The maximum absolute atomic E-state index is 10.3. The predicted octanol–water partition coefficient (Wildman–Crippen LogP) is -3.30. The minimum atomic E-state index is -4.77. The quantitative estimate of drug-likeness (QED) is 0.202. The summed E-state index contributed by atoms with van der Waals surface area (Å²) in [5.41, 5.74) is 5.05. The predicted molar refractivity (Wildman–Crippen MR) is 50.1 cm³/mol. The molecule has 4 atom stereocenters. The minimum Gasteiger partial charge on any atom is -0.388 e. The maximum Gasteiger partial charge on any atom is 0.469 e. The molecule has 9 nitrogen and oxygen atoms in total. The second-order valence-corrected chi connectivity index (χ2v) is 4.29. The van der Waals surface area contributed by atoms with E-state index in [-0.39, 0.29) is 6.29 Å². The highest BCUT2D eigenvalue weighted by Crippen LogP contribution is 2.35. The third-order valence-electron chi connectivity index (χ3n) is 1.71. The Morgan fingerprint density at radius 2 is 1.75 bits per heavy atom. The number of hydrogen-bond acceptors (Lipinski definition) is 7. The summed E-state index contributed by atoms with van der Waals surface area (Å²) in [6, 6.07) is -1.42. The first-order chi connectivity index (χ1) is 7.19. The number of phosphoric ester groups is 1. The fourth-order valence-corrected chi connectivity index (χ4v) is 1.15. The van der Waals surface area contributed by atoms with E-state index < -0.39 is 38.8 Å². The Balaban J connectivity index is 4.22. The van der Waals surface area contributed by atoms with Crippen molar-refractivity contribution in [2.75, 3.05) is 6.61 Å². The first-order valence-electron chi connectivity index (χ1n) is 4.14. The molecule has 0 heterocycles. The van der Waals surface area contributed by atoms with Crippen LogP contribution in [-0.4, -0.2) is 62.4 Å². The molecule has 0 rings (SSSR count). The number of rotatable bonds is 7. The van der Waals surface area contributed by atoms with Gasteiger partial charge in [0.25, 0.3) is 0 Å². The number of aliphatic hydroxyl groups excluding tert-OH is 3. The molecular formula is C6H14NO8P. The normalized spacial score (nSPS) is 19.9. The van der Waals surface area contributed by atoms with Crippen LogP contribution in [0.2, 0.25) is 0 Å². The van der Waals surface area contributed by atoms with Crippen LogP contribution in [0.1, 0.15) is 0 Å². The molecule has 0 saturated carbocycles. The SMILES string of the molecule is N[C@@H](C=O)[C@@H](O)[C@@H](O)[C@H](O)COP(=O)(O)O. The van der Waals surface area contributed by atoms with E-state index in [1.165, 1.54) is 0 Å². The van der Waals surface area contributed by atoms with Gasteiger partial charge in [-0.3, -0.25) is 4.52 Å². The lowest BCUT2D eigenvalue weighted by Crippen LogP contribution is -2.50. The van der Waals surface area contributed by atoms with Crippen molar-refractivity contribution >= 4 is 14.1 Å². The topological polar surface area (TPSA) is 171 Å². The molecule has 16 heavy (non-hydrogen) atoms. The van der Waals surface area contributed by atoms with Crippen molar-refractivity contribution < 1.29 is 39.0 Å². The fourth-order valence-electron chi connectivity index (χ4n) is 0.808. The van der Waals surface area contributed by atoms with Gasteiger partial charge in [-0.25, -0.2) is 4.57 Å². The monoisotopic (exact) mass is 259 g/mol. The molecule has 0 aromatic carbocycles. The molecule has 0 unspecified atom stereocenters. The summed E-state index contributed by atoms with van der Waals surface area (Å²) >= 11 is 0. The van der Waals surface area contributed by atoms with Crippen molar-refractivity contribution in [1.29, 1.82) is 0 Å². The molecule has 0 aromatic heterocycles. The Bertz CT molecular complexity index is 267. The molecule has 0 fully saturated rings. The van der Waals surface area contributed by atoms with E-state index in [9.17, 15) is 19.6 Å². The van der Waals surface area contributed by atoms with E-state index in [2.05, 4.69) is 4.52 Å². The first kappa shape index (κ1) is 15.6. The van der Waals surface area contributed by atoms with Crippen LogP contribution < -0.4 is 5.73 Å². The number of carbonyl (C=O) groups excluding carboxylic acids is 1. The lowest BCUT2D eigenvalue weighted by Gasteiger charge is -2.24. The number of carbonyl (C=O) groups is 1. The van der Waals surface area contributed by atoms with Crippen LogP contribution in [0.25, 0.3) is 0 Å². The second-order valence-electron chi connectivity index (χ2n) is 3.05. The number of hydrogen-bond donors (Lipinski definition) is 6. The Morgan fingerprint density at radius 1 is 1.25 bits per heavy atom. The molecule has 0 radical (unpaired) electrons. The average Bonchev–Trinajstić information content (AvgIpc) is 2.21. The summed E-state index contributed by atoms with van der Waals surface area (Å²) < 4.78 is 14.1. The van der Waals surface area contributed by atoms with Gasteiger partial charge in [0.2, 0.25) is 0 Å². The fraction of sp³-hybridized carbons (Fsp3) is 0.833. The van der Waals surface area contributed by atoms with Crippen molar-refractivity contribution in [3.05, 3.63) is 0 Å². The van der Waals surface area contributed by atoms with E-state index in [1.54, 1.807) is 0 Å². The van der Waals surface area contributed by atoms with Crippen molar-refractivity contribution in [2.24, 2.45) is 5.73 Å². The molecule has 0 aliphatic rings. The summed E-state index contributed by atoms with van der Waals surface area (Å²) in [7, 11) is -4.77. The molecule has 0 saturated heterocycles. The van der Waals surface area contributed by atoms with Crippen LogP contribution in [-0.2, 0) is 13.9 Å². The second kappa shape index (κ2) is 6.38. The third kappa shape index (κ3) is 5.64. The Kier molecular flexibility index (Phi) is 6.23. The summed E-state index contributed by atoms with van der Waals surface area (Å²) in [5.74, 6) is 0. The van der Waals surface area contributed by atoms with E-state index in [1.807, 2.05) is 0 Å². The van der Waals surface area contributed by atoms with Crippen LogP contribution in [0.15, 0.2) is 0 Å². The smallest absolute Gasteiger partial charge is 0.388 e. The van der Waals surface area contributed by atoms with E-state index in [0.29, 0.717) is 0 Å². The van der Waals surface area contributed by atoms with Gasteiger partial charge in [-0.05, 0) is 0 Å². The molecule has 96 valence electrons. The summed E-state index contributed by atoms with van der Waals surface area (Å²) in [6.07, 6.45) is -5.24. The number of phosphoric acid groups is 1. The van der Waals surface area contributed by atoms with Gasteiger partial charge in [0.1, 0.15) is 24.6 Å². The highest BCUT2D eigenvalue weighted by atomic mass is 31.2. The van der Waals surface area contributed by atoms with Gasteiger partial charge in [-0.2, -0.15) is 0 Å². The van der Waals surface area contributed by atoms with Crippen molar-refractivity contribution in [2.45, 2.75) is 24.4 Å². The Morgan fingerprint density at radius 3 is 2.12 bits per heavy atom. The van der Waals surface area contributed by atoms with Gasteiger partial charge < -0.3 is 35.6 Å². The van der Waals surface area contributed by atoms with Crippen molar-refractivity contribution in [3.63, 3.8) is 0 Å². The van der Waals surface area contributed by atoms with E-state index in [4.69, 9.17) is 20.6 Å². The molecule has 0 aliphatic carbocycles.